The van der Waals surface area contributed by atoms with Crippen molar-refractivity contribution in [3.63, 3.8) is 0 Å². The number of benzene rings is 2. The summed E-state index contributed by atoms with van der Waals surface area (Å²) in [5, 5.41) is 4.43. The van der Waals surface area contributed by atoms with Gasteiger partial charge >= 0.3 is 0 Å². The lowest BCUT2D eigenvalue weighted by atomic mass is 9.91. The van der Waals surface area contributed by atoms with E-state index in [0.717, 1.165) is 23.3 Å². The minimum Gasteiger partial charge on any atom is -0.497 e. The fraction of sp³-hybridized carbons (Fsp3) is 0.286. The number of nitrogens with zero attached hydrogens (tertiary/aromatic N) is 4. The summed E-state index contributed by atoms with van der Waals surface area (Å²) >= 11 is 0. The fourth-order valence-corrected chi connectivity index (χ4v) is 3.71. The van der Waals surface area contributed by atoms with Crippen LogP contribution in [-0.2, 0) is 4.79 Å². The molecular weight excluding hydrogens is 340 g/mol. The van der Waals surface area contributed by atoms with Crippen LogP contribution in [0, 0.1) is 0 Å². The number of hydrogen-bond acceptors (Lipinski definition) is 4. The van der Waals surface area contributed by atoms with Crippen LogP contribution in [0.4, 0.5) is 5.95 Å². The van der Waals surface area contributed by atoms with Gasteiger partial charge in [-0.3, -0.25) is 9.69 Å². The van der Waals surface area contributed by atoms with E-state index in [0.29, 0.717) is 12.4 Å². The fourth-order valence-electron chi connectivity index (χ4n) is 3.71. The molecule has 2 atom stereocenters. The molecule has 0 saturated carbocycles. The molecule has 2 aromatic carbocycles. The van der Waals surface area contributed by atoms with E-state index in [1.54, 1.807) is 12.0 Å². The highest BCUT2D eigenvalue weighted by Gasteiger charge is 2.38. The van der Waals surface area contributed by atoms with E-state index in [1.807, 2.05) is 54.1 Å². The van der Waals surface area contributed by atoms with Crippen LogP contribution in [-0.4, -0.2) is 27.8 Å². The average molecular weight is 362 g/mol. The van der Waals surface area contributed by atoms with E-state index in [4.69, 9.17) is 4.74 Å². The van der Waals surface area contributed by atoms with Crippen LogP contribution < -0.4 is 9.64 Å². The summed E-state index contributed by atoms with van der Waals surface area (Å²) in [7, 11) is 1.65. The third-order valence-corrected chi connectivity index (χ3v) is 5.08. The van der Waals surface area contributed by atoms with Crippen LogP contribution in [0.3, 0.4) is 0 Å². The van der Waals surface area contributed by atoms with Crippen molar-refractivity contribution in [3.05, 3.63) is 72.1 Å². The smallest absolute Gasteiger partial charge is 0.231 e. The predicted molar refractivity (Wildman–Crippen MR) is 103 cm³/mol. The summed E-state index contributed by atoms with van der Waals surface area (Å²) in [4.78, 5) is 19.0. The highest BCUT2D eigenvalue weighted by Crippen LogP contribution is 2.42. The molecule has 1 aliphatic heterocycles. The summed E-state index contributed by atoms with van der Waals surface area (Å²) in [6.07, 6.45) is 2.67. The zero-order valence-electron chi connectivity index (χ0n) is 15.4. The number of ether oxygens (including phenoxy) is 1. The van der Waals surface area contributed by atoms with E-state index >= 15 is 0 Å². The van der Waals surface area contributed by atoms with Crippen LogP contribution in [0.15, 0.2) is 60.9 Å². The lowest BCUT2D eigenvalue weighted by Gasteiger charge is -2.39. The standard InChI is InChI=1S/C21H22N4O2/c1-3-20(26)24-18(16-9-11-17(27-2)12-10-16)13-19(15-7-5-4-6-8-15)25-21(24)22-14-23-25/h4-12,14,18-19H,3,13H2,1-2H3/t18-,19+/m0/s1. The third kappa shape index (κ3) is 3.07. The van der Waals surface area contributed by atoms with Crippen LogP contribution in [0.2, 0.25) is 0 Å². The van der Waals surface area contributed by atoms with Crippen molar-refractivity contribution < 1.29 is 9.53 Å². The van der Waals surface area contributed by atoms with Gasteiger partial charge in [-0.1, -0.05) is 49.4 Å². The summed E-state index contributed by atoms with van der Waals surface area (Å²) in [6, 6.07) is 18.1. The second kappa shape index (κ2) is 7.23. The Balaban J connectivity index is 1.81. The first-order valence-corrected chi connectivity index (χ1v) is 9.13. The maximum absolute atomic E-state index is 12.8. The van der Waals surface area contributed by atoms with Crippen molar-refractivity contribution in [2.24, 2.45) is 0 Å². The number of fused-ring (bicyclic) bond motifs is 1. The van der Waals surface area contributed by atoms with E-state index in [-0.39, 0.29) is 18.0 Å². The Bertz CT molecular complexity index is 921. The molecule has 1 aromatic heterocycles. The molecule has 0 N–H and O–H groups in total. The molecule has 6 nitrogen and oxygen atoms in total. The van der Waals surface area contributed by atoms with Crippen molar-refractivity contribution in [1.29, 1.82) is 0 Å². The van der Waals surface area contributed by atoms with Gasteiger partial charge in [0, 0.05) is 6.42 Å². The summed E-state index contributed by atoms with van der Waals surface area (Å²) in [5.41, 5.74) is 2.22. The molecule has 0 fully saturated rings. The number of hydrogen-bond donors (Lipinski definition) is 0. The number of methoxy groups -OCH3 is 1. The third-order valence-electron chi connectivity index (χ3n) is 5.08. The molecule has 0 saturated heterocycles. The Morgan fingerprint density at radius 3 is 2.44 bits per heavy atom. The molecule has 138 valence electrons. The lowest BCUT2D eigenvalue weighted by Crippen LogP contribution is -2.42. The SMILES string of the molecule is CCC(=O)N1c2ncnn2[C@@H](c2ccccc2)C[C@H]1c1ccc(OC)cc1. The molecule has 27 heavy (non-hydrogen) atoms. The summed E-state index contributed by atoms with van der Waals surface area (Å²) in [5.74, 6) is 1.44. The Morgan fingerprint density at radius 1 is 1.07 bits per heavy atom. The maximum atomic E-state index is 12.8. The number of amides is 1. The molecule has 1 aliphatic rings. The topological polar surface area (TPSA) is 60.2 Å². The van der Waals surface area contributed by atoms with Crippen molar-refractivity contribution >= 4 is 11.9 Å². The van der Waals surface area contributed by atoms with Gasteiger partial charge in [-0.05, 0) is 29.7 Å². The van der Waals surface area contributed by atoms with Gasteiger partial charge in [-0.25, -0.2) is 4.68 Å². The molecule has 0 spiro atoms. The van der Waals surface area contributed by atoms with Crippen LogP contribution in [0.5, 0.6) is 5.75 Å². The lowest BCUT2D eigenvalue weighted by molar-refractivity contribution is -0.119. The van der Waals surface area contributed by atoms with Gasteiger partial charge in [-0.2, -0.15) is 10.1 Å². The molecule has 4 rings (SSSR count). The molecule has 0 aliphatic carbocycles. The average Bonchev–Trinajstić information content (AvgIpc) is 3.22. The van der Waals surface area contributed by atoms with Gasteiger partial charge in [0.1, 0.15) is 12.1 Å². The Hall–Kier alpha value is -3.15. The number of rotatable bonds is 4. The molecule has 6 heteroatoms. The minimum atomic E-state index is -0.106. The monoisotopic (exact) mass is 362 g/mol. The molecule has 0 bridgehead atoms. The number of carbonyl (C=O) groups is 1. The molecule has 2 heterocycles. The van der Waals surface area contributed by atoms with Crippen LogP contribution in [0.25, 0.3) is 0 Å². The second-order valence-corrected chi connectivity index (χ2v) is 6.57. The zero-order valence-corrected chi connectivity index (χ0v) is 15.4. The minimum absolute atomic E-state index is 0.0247. The first-order chi connectivity index (χ1) is 13.2. The first-order valence-electron chi connectivity index (χ1n) is 9.13. The van der Waals surface area contributed by atoms with E-state index in [9.17, 15) is 4.79 Å². The van der Waals surface area contributed by atoms with Crippen molar-refractivity contribution in [2.75, 3.05) is 12.0 Å². The summed E-state index contributed by atoms with van der Waals surface area (Å²) < 4.78 is 7.14. The van der Waals surface area contributed by atoms with Gasteiger partial charge < -0.3 is 4.74 Å². The van der Waals surface area contributed by atoms with Crippen molar-refractivity contribution in [3.8, 4) is 5.75 Å². The zero-order chi connectivity index (χ0) is 18.8. The van der Waals surface area contributed by atoms with Gasteiger partial charge in [0.05, 0.1) is 19.2 Å². The van der Waals surface area contributed by atoms with Crippen LogP contribution >= 0.6 is 0 Å². The van der Waals surface area contributed by atoms with E-state index in [1.165, 1.54) is 6.33 Å². The molecule has 1 amide bonds. The Kier molecular flexibility index (Phi) is 4.62. The van der Waals surface area contributed by atoms with Gasteiger partial charge in [-0.15, -0.1) is 0 Å². The number of aromatic nitrogens is 3. The van der Waals surface area contributed by atoms with Crippen LogP contribution in [0.1, 0.15) is 43.0 Å². The molecule has 0 unspecified atom stereocenters. The van der Waals surface area contributed by atoms with E-state index in [2.05, 4.69) is 22.2 Å². The predicted octanol–water partition coefficient (Wildman–Crippen LogP) is 3.76. The van der Waals surface area contributed by atoms with Crippen molar-refractivity contribution in [2.45, 2.75) is 31.8 Å². The molecular formula is C21H22N4O2. The maximum Gasteiger partial charge on any atom is 0.231 e. The van der Waals surface area contributed by atoms with Gasteiger partial charge in [0.15, 0.2) is 0 Å². The largest absolute Gasteiger partial charge is 0.497 e. The normalized spacial score (nSPS) is 18.8. The van der Waals surface area contributed by atoms with Crippen molar-refractivity contribution in [1.82, 2.24) is 14.8 Å². The van der Waals surface area contributed by atoms with Gasteiger partial charge in [0.25, 0.3) is 0 Å². The number of carbonyl (C=O) groups excluding carboxylic acids is 1. The first kappa shape index (κ1) is 17.3. The number of anilines is 1. The molecule has 3 aromatic rings. The second-order valence-electron chi connectivity index (χ2n) is 6.57. The summed E-state index contributed by atoms with van der Waals surface area (Å²) in [6.45, 7) is 1.87. The Morgan fingerprint density at radius 2 is 1.78 bits per heavy atom. The quantitative estimate of drug-likeness (QED) is 0.709. The Labute approximate surface area is 158 Å². The van der Waals surface area contributed by atoms with E-state index < -0.39 is 0 Å². The highest BCUT2D eigenvalue weighted by molar-refractivity contribution is 5.92. The van der Waals surface area contributed by atoms with Gasteiger partial charge in [0.2, 0.25) is 11.9 Å². The highest BCUT2D eigenvalue weighted by atomic mass is 16.5. The molecule has 0 radical (unpaired) electrons.